The van der Waals surface area contributed by atoms with Crippen LogP contribution in [0, 0.1) is 5.92 Å². The smallest absolute Gasteiger partial charge is 0.331 e. The Labute approximate surface area is 119 Å². The highest BCUT2D eigenvalue weighted by Gasteiger charge is 2.61. The Morgan fingerprint density at radius 1 is 1.14 bits per heavy atom. The molecule has 2 rings (SSSR count). The first-order valence-corrected chi connectivity index (χ1v) is 8.30. The largest absolute Gasteiger partial charge is 0.390 e. The van der Waals surface area contributed by atoms with Gasteiger partial charge >= 0.3 is 7.60 Å². The number of hydrogen-bond donors (Lipinski definition) is 5. The molecule has 1 heterocycles. The van der Waals surface area contributed by atoms with Gasteiger partial charge in [-0.3, -0.25) is 4.57 Å². The van der Waals surface area contributed by atoms with E-state index in [0.29, 0.717) is 6.42 Å². The number of halogens is 2. The van der Waals surface area contributed by atoms with Crippen molar-refractivity contribution in [2.24, 2.45) is 5.92 Å². The van der Waals surface area contributed by atoms with Crippen LogP contribution in [0.15, 0.2) is 0 Å². The first-order chi connectivity index (χ1) is 9.59. The topological polar surface area (TPSA) is 127 Å². The van der Waals surface area contributed by atoms with Gasteiger partial charge in [0.25, 0.3) is 5.92 Å². The molecule has 5 N–H and O–H groups in total. The molecular weight excluding hydrogens is 313 g/mol. The van der Waals surface area contributed by atoms with Crippen LogP contribution in [0.2, 0.25) is 0 Å². The highest BCUT2D eigenvalue weighted by Crippen LogP contribution is 2.56. The summed E-state index contributed by atoms with van der Waals surface area (Å²) in [5.41, 5.74) is -1.11. The molecule has 21 heavy (non-hydrogen) atoms. The van der Waals surface area contributed by atoms with E-state index in [0.717, 1.165) is 0 Å². The average Bonchev–Trinajstić information content (AvgIpc) is 2.41. The van der Waals surface area contributed by atoms with Gasteiger partial charge in [-0.15, -0.1) is 0 Å². The van der Waals surface area contributed by atoms with Gasteiger partial charge in [0.2, 0.25) is 0 Å². The van der Waals surface area contributed by atoms with Gasteiger partial charge in [0.1, 0.15) is 18.3 Å². The second kappa shape index (κ2) is 5.81. The molecule has 1 saturated heterocycles. The maximum Gasteiger partial charge on any atom is 0.331 e. The maximum atomic E-state index is 14.1. The van der Waals surface area contributed by atoms with Crippen LogP contribution in [0.25, 0.3) is 0 Å². The summed E-state index contributed by atoms with van der Waals surface area (Å²) in [6.45, 7) is 0.0534. The molecule has 1 saturated carbocycles. The van der Waals surface area contributed by atoms with Crippen molar-refractivity contribution in [2.45, 2.75) is 55.3 Å². The van der Waals surface area contributed by atoms with Crippen LogP contribution in [0.5, 0.6) is 0 Å². The second-order valence-corrected chi connectivity index (χ2v) is 7.74. The number of rotatable bonds is 2. The molecule has 10 heteroatoms. The van der Waals surface area contributed by atoms with Crippen LogP contribution in [0.3, 0.4) is 0 Å². The highest BCUT2D eigenvalue weighted by atomic mass is 31.2. The Hall–Kier alpha value is -0.150. The lowest BCUT2D eigenvalue weighted by molar-refractivity contribution is -0.269. The molecule has 2 aliphatic rings. The molecular formula is C11H19F2O7P. The molecule has 0 aromatic carbocycles. The summed E-state index contributed by atoms with van der Waals surface area (Å²) in [6, 6.07) is 0. The molecule has 1 aliphatic carbocycles. The van der Waals surface area contributed by atoms with Crippen molar-refractivity contribution in [1.82, 2.24) is 0 Å². The van der Waals surface area contributed by atoms with Crippen molar-refractivity contribution in [3.05, 3.63) is 0 Å². The summed E-state index contributed by atoms with van der Waals surface area (Å²) in [5.74, 6) is -5.84. The third-order valence-electron chi connectivity index (χ3n) is 4.27. The predicted molar refractivity (Wildman–Crippen MR) is 65.9 cm³/mol. The zero-order chi connectivity index (χ0) is 16.0. The first kappa shape index (κ1) is 17.2. The normalized spacial score (nSPS) is 50.8. The van der Waals surface area contributed by atoms with E-state index < -0.39 is 55.9 Å². The lowest BCUT2D eigenvalue weighted by Crippen LogP contribution is -2.64. The SMILES string of the molecule is O=P1(O)OCCCC1C[C@@H]1[C@@H](O)[C@H](O)[C@H](O)[C@@H](O)C1(F)F. The molecule has 0 bridgehead atoms. The second-order valence-electron chi connectivity index (χ2n) is 5.63. The van der Waals surface area contributed by atoms with E-state index >= 15 is 0 Å². The van der Waals surface area contributed by atoms with E-state index in [9.17, 15) is 38.7 Å². The lowest BCUT2D eigenvalue weighted by Gasteiger charge is -2.45. The minimum absolute atomic E-state index is 0.0534. The molecule has 0 amide bonds. The van der Waals surface area contributed by atoms with Crippen LogP contribution in [0.4, 0.5) is 8.78 Å². The van der Waals surface area contributed by atoms with Gasteiger partial charge in [0, 0.05) is 0 Å². The molecule has 0 spiro atoms. The molecule has 7 atom stereocenters. The van der Waals surface area contributed by atoms with E-state index in [4.69, 9.17) is 4.52 Å². The quantitative estimate of drug-likeness (QED) is 0.429. The van der Waals surface area contributed by atoms with Crippen molar-refractivity contribution >= 4 is 7.60 Å². The van der Waals surface area contributed by atoms with Gasteiger partial charge in [0.05, 0.1) is 24.3 Å². The highest BCUT2D eigenvalue weighted by molar-refractivity contribution is 7.53. The Kier molecular flexibility index (Phi) is 4.76. The van der Waals surface area contributed by atoms with Crippen LogP contribution < -0.4 is 0 Å². The molecule has 2 unspecified atom stereocenters. The van der Waals surface area contributed by atoms with Gasteiger partial charge in [-0.05, 0) is 19.3 Å². The first-order valence-electron chi connectivity index (χ1n) is 6.66. The zero-order valence-electron chi connectivity index (χ0n) is 11.0. The summed E-state index contributed by atoms with van der Waals surface area (Å²) in [4.78, 5) is 9.64. The number of aliphatic hydroxyl groups is 4. The summed E-state index contributed by atoms with van der Waals surface area (Å²) in [7, 11) is -4.07. The van der Waals surface area contributed by atoms with E-state index in [1.54, 1.807) is 0 Å². The van der Waals surface area contributed by atoms with E-state index in [1.165, 1.54) is 0 Å². The monoisotopic (exact) mass is 332 g/mol. The summed E-state index contributed by atoms with van der Waals surface area (Å²) >= 11 is 0. The van der Waals surface area contributed by atoms with E-state index in [1.807, 2.05) is 0 Å². The minimum atomic E-state index is -4.07. The fraction of sp³-hybridized carbons (Fsp3) is 1.00. The molecule has 0 radical (unpaired) electrons. The van der Waals surface area contributed by atoms with E-state index in [2.05, 4.69) is 0 Å². The Balaban J connectivity index is 2.22. The molecule has 0 aromatic heterocycles. The fourth-order valence-corrected chi connectivity index (χ4v) is 4.53. The maximum absolute atomic E-state index is 14.1. The predicted octanol–water partition coefficient (Wildman–Crippen LogP) is -0.550. The van der Waals surface area contributed by atoms with Crippen molar-refractivity contribution < 1.29 is 43.2 Å². The van der Waals surface area contributed by atoms with Gasteiger partial charge in [-0.2, -0.15) is 0 Å². The number of aliphatic hydroxyl groups excluding tert-OH is 4. The Morgan fingerprint density at radius 2 is 1.76 bits per heavy atom. The van der Waals surface area contributed by atoms with Gasteiger partial charge < -0.3 is 29.8 Å². The molecule has 124 valence electrons. The molecule has 2 fully saturated rings. The van der Waals surface area contributed by atoms with Crippen molar-refractivity contribution in [3.63, 3.8) is 0 Å². The third-order valence-corrected chi connectivity index (χ3v) is 6.21. The minimum Gasteiger partial charge on any atom is -0.390 e. The molecule has 1 aliphatic heterocycles. The van der Waals surface area contributed by atoms with Crippen molar-refractivity contribution in [3.8, 4) is 0 Å². The van der Waals surface area contributed by atoms with Gasteiger partial charge in [0.15, 0.2) is 0 Å². The van der Waals surface area contributed by atoms with Crippen LogP contribution >= 0.6 is 7.60 Å². The zero-order valence-corrected chi connectivity index (χ0v) is 11.9. The Bertz CT molecular complexity index is 435. The van der Waals surface area contributed by atoms with Gasteiger partial charge in [-0.25, -0.2) is 8.78 Å². The van der Waals surface area contributed by atoms with E-state index in [-0.39, 0.29) is 13.0 Å². The standard InChI is InChI=1S/C11H19F2O7P/c12-11(13)6(7(14)8(15)9(16)10(11)17)4-5-2-1-3-20-21(5,18)19/h5-10,14-17H,1-4H2,(H,18,19)/t5?,6-,7-,8+,9+,10-/m1/s1. The van der Waals surface area contributed by atoms with Crippen LogP contribution in [-0.4, -0.2) is 67.9 Å². The summed E-state index contributed by atoms with van der Waals surface area (Å²) in [5, 5.41) is 38.0. The molecule has 7 nitrogen and oxygen atoms in total. The van der Waals surface area contributed by atoms with Crippen molar-refractivity contribution in [2.75, 3.05) is 6.61 Å². The fourth-order valence-electron chi connectivity index (χ4n) is 2.93. The lowest BCUT2D eigenvalue weighted by atomic mass is 9.75. The average molecular weight is 332 g/mol. The number of alkyl halides is 2. The van der Waals surface area contributed by atoms with Crippen LogP contribution in [0.1, 0.15) is 19.3 Å². The Morgan fingerprint density at radius 3 is 2.33 bits per heavy atom. The summed E-state index contributed by atoms with van der Waals surface area (Å²) < 4.78 is 44.6. The summed E-state index contributed by atoms with van der Waals surface area (Å²) in [6.07, 6.45) is -8.71. The van der Waals surface area contributed by atoms with Crippen LogP contribution in [-0.2, 0) is 9.09 Å². The number of hydrogen-bond acceptors (Lipinski definition) is 6. The third kappa shape index (κ3) is 3.01. The van der Waals surface area contributed by atoms with Crippen molar-refractivity contribution in [1.29, 1.82) is 0 Å². The molecule has 0 aromatic rings. The van der Waals surface area contributed by atoms with Gasteiger partial charge in [-0.1, -0.05) is 0 Å².